The van der Waals surface area contributed by atoms with Gasteiger partial charge in [0.15, 0.2) is 5.65 Å². The monoisotopic (exact) mass is 492 g/mol. The summed E-state index contributed by atoms with van der Waals surface area (Å²) < 4.78 is 7.29. The minimum absolute atomic E-state index is 0.0102. The number of carbonyl (C=O) groups is 3. The molecule has 1 fully saturated rings. The SMILES string of the molecule is Cc1nc2c(C(N)=O)cnn2c(C)c1CCC(=O)NCc1ccc(C(=O)N2CC(C)OC(C)C2)cc1. The predicted octanol–water partition coefficient (Wildman–Crippen LogP) is 1.94. The van der Waals surface area contributed by atoms with E-state index < -0.39 is 5.91 Å². The number of hydrogen-bond acceptors (Lipinski definition) is 6. The number of nitrogens with one attached hydrogen (secondary N) is 1. The molecule has 0 spiro atoms. The number of benzene rings is 1. The molecule has 0 aliphatic carbocycles. The maximum atomic E-state index is 12.8. The first-order chi connectivity index (χ1) is 17.1. The highest BCUT2D eigenvalue weighted by molar-refractivity contribution is 5.98. The number of ether oxygens (including phenoxy) is 1. The molecule has 0 bridgehead atoms. The van der Waals surface area contributed by atoms with Gasteiger partial charge in [-0.1, -0.05) is 12.1 Å². The maximum absolute atomic E-state index is 12.8. The van der Waals surface area contributed by atoms with Crippen molar-refractivity contribution in [3.05, 3.63) is 64.1 Å². The van der Waals surface area contributed by atoms with Crippen LogP contribution in [0.1, 0.15) is 63.5 Å². The van der Waals surface area contributed by atoms with Gasteiger partial charge >= 0.3 is 0 Å². The van der Waals surface area contributed by atoms with E-state index >= 15 is 0 Å². The van der Waals surface area contributed by atoms with Crippen molar-refractivity contribution in [3.8, 4) is 0 Å². The molecule has 36 heavy (non-hydrogen) atoms. The van der Waals surface area contributed by atoms with Gasteiger partial charge in [0.2, 0.25) is 5.91 Å². The number of nitrogens with zero attached hydrogens (tertiary/aromatic N) is 4. The summed E-state index contributed by atoms with van der Waals surface area (Å²) in [5.41, 5.74) is 10.1. The summed E-state index contributed by atoms with van der Waals surface area (Å²) in [6.07, 6.45) is 2.22. The van der Waals surface area contributed by atoms with Crippen molar-refractivity contribution in [2.75, 3.05) is 13.1 Å². The van der Waals surface area contributed by atoms with Crippen LogP contribution in [0.25, 0.3) is 5.65 Å². The van der Waals surface area contributed by atoms with Crippen molar-refractivity contribution in [1.29, 1.82) is 0 Å². The van der Waals surface area contributed by atoms with E-state index in [0.29, 0.717) is 37.3 Å². The van der Waals surface area contributed by atoms with Crippen LogP contribution in [0.5, 0.6) is 0 Å². The van der Waals surface area contributed by atoms with Gasteiger partial charge in [-0.3, -0.25) is 14.4 Å². The topological polar surface area (TPSA) is 132 Å². The number of carbonyl (C=O) groups excluding carboxylic acids is 3. The number of fused-ring (bicyclic) bond motifs is 1. The lowest BCUT2D eigenvalue weighted by Crippen LogP contribution is -2.48. The third-order valence-electron chi connectivity index (χ3n) is 6.47. The largest absolute Gasteiger partial charge is 0.372 e. The van der Waals surface area contributed by atoms with E-state index in [0.717, 1.165) is 22.5 Å². The second-order valence-electron chi connectivity index (χ2n) is 9.36. The molecule has 0 radical (unpaired) electrons. The van der Waals surface area contributed by atoms with Gasteiger partial charge in [0, 0.05) is 43.0 Å². The average Bonchev–Trinajstić information content (AvgIpc) is 3.26. The quantitative estimate of drug-likeness (QED) is 0.518. The van der Waals surface area contributed by atoms with E-state index in [1.54, 1.807) is 16.6 Å². The Hall–Kier alpha value is -3.79. The van der Waals surface area contributed by atoms with Crippen LogP contribution in [0.2, 0.25) is 0 Å². The first-order valence-electron chi connectivity index (χ1n) is 12.1. The second kappa shape index (κ2) is 10.4. The number of nitrogens with two attached hydrogens (primary N) is 1. The van der Waals surface area contributed by atoms with E-state index in [1.165, 1.54) is 6.20 Å². The molecule has 10 heteroatoms. The van der Waals surface area contributed by atoms with Crippen molar-refractivity contribution in [2.24, 2.45) is 5.73 Å². The van der Waals surface area contributed by atoms with Crippen LogP contribution < -0.4 is 11.1 Å². The normalized spacial score (nSPS) is 17.8. The molecule has 0 saturated carbocycles. The molecular weight excluding hydrogens is 460 g/mol. The lowest BCUT2D eigenvalue weighted by atomic mass is 10.1. The minimum Gasteiger partial charge on any atom is -0.372 e. The minimum atomic E-state index is -0.578. The molecule has 3 N–H and O–H groups in total. The van der Waals surface area contributed by atoms with Gasteiger partial charge < -0.3 is 20.7 Å². The molecule has 1 aromatic carbocycles. The molecule has 1 saturated heterocycles. The molecule has 2 unspecified atom stereocenters. The Balaban J connectivity index is 1.32. The van der Waals surface area contributed by atoms with Crippen molar-refractivity contribution in [1.82, 2.24) is 24.8 Å². The second-order valence-corrected chi connectivity index (χ2v) is 9.36. The van der Waals surface area contributed by atoms with Gasteiger partial charge in [0.1, 0.15) is 5.56 Å². The number of aryl methyl sites for hydroxylation is 2. The molecule has 190 valence electrons. The maximum Gasteiger partial charge on any atom is 0.254 e. The molecule has 3 aromatic rings. The third-order valence-corrected chi connectivity index (χ3v) is 6.47. The highest BCUT2D eigenvalue weighted by Gasteiger charge is 2.26. The van der Waals surface area contributed by atoms with Crippen LogP contribution in [0.15, 0.2) is 30.5 Å². The van der Waals surface area contributed by atoms with Gasteiger partial charge in [-0.2, -0.15) is 5.10 Å². The van der Waals surface area contributed by atoms with Crippen LogP contribution in [0, 0.1) is 13.8 Å². The number of primary amides is 1. The highest BCUT2D eigenvalue weighted by Crippen LogP contribution is 2.19. The zero-order chi connectivity index (χ0) is 26.0. The Kier molecular flexibility index (Phi) is 7.35. The fourth-order valence-electron chi connectivity index (χ4n) is 4.67. The summed E-state index contributed by atoms with van der Waals surface area (Å²) in [5, 5.41) is 7.15. The van der Waals surface area contributed by atoms with Gasteiger partial charge in [-0.15, -0.1) is 0 Å². The fourth-order valence-corrected chi connectivity index (χ4v) is 4.67. The third kappa shape index (κ3) is 5.38. The summed E-state index contributed by atoms with van der Waals surface area (Å²) in [7, 11) is 0. The van der Waals surface area contributed by atoms with Gasteiger partial charge in [-0.25, -0.2) is 9.50 Å². The molecule has 1 aliphatic rings. The van der Waals surface area contributed by atoms with Crippen molar-refractivity contribution >= 4 is 23.4 Å². The lowest BCUT2D eigenvalue weighted by molar-refractivity contribution is -0.121. The molecule has 2 aromatic heterocycles. The Labute approximate surface area is 209 Å². The fraction of sp³-hybridized carbons (Fsp3) is 0.423. The summed E-state index contributed by atoms with van der Waals surface area (Å²) >= 11 is 0. The van der Waals surface area contributed by atoms with Crippen molar-refractivity contribution in [3.63, 3.8) is 0 Å². The number of amides is 3. The lowest BCUT2D eigenvalue weighted by Gasteiger charge is -2.35. The first kappa shape index (κ1) is 25.3. The summed E-state index contributed by atoms with van der Waals surface area (Å²) in [4.78, 5) is 43.2. The van der Waals surface area contributed by atoms with E-state index in [9.17, 15) is 14.4 Å². The van der Waals surface area contributed by atoms with Gasteiger partial charge in [0.25, 0.3) is 11.8 Å². The average molecular weight is 493 g/mol. The van der Waals surface area contributed by atoms with Crippen LogP contribution in [-0.2, 0) is 22.5 Å². The molecule has 3 amide bonds. The Bertz CT molecular complexity index is 1290. The highest BCUT2D eigenvalue weighted by atomic mass is 16.5. The predicted molar refractivity (Wildman–Crippen MR) is 134 cm³/mol. The number of aromatic nitrogens is 3. The van der Waals surface area contributed by atoms with Crippen molar-refractivity contribution in [2.45, 2.75) is 59.3 Å². The van der Waals surface area contributed by atoms with E-state index in [-0.39, 0.29) is 36.0 Å². The van der Waals surface area contributed by atoms with Crippen LogP contribution >= 0.6 is 0 Å². The Morgan fingerprint density at radius 3 is 2.42 bits per heavy atom. The number of morpholine rings is 1. The number of rotatable bonds is 7. The summed E-state index contributed by atoms with van der Waals surface area (Å²) in [6.45, 7) is 9.19. The van der Waals surface area contributed by atoms with E-state index in [4.69, 9.17) is 10.5 Å². The van der Waals surface area contributed by atoms with Crippen LogP contribution in [0.4, 0.5) is 0 Å². The molecule has 1 aliphatic heterocycles. The molecule has 10 nitrogen and oxygen atoms in total. The number of hydrogen-bond donors (Lipinski definition) is 2. The van der Waals surface area contributed by atoms with Gasteiger partial charge in [0.05, 0.1) is 18.4 Å². The molecule has 4 rings (SSSR count). The zero-order valence-electron chi connectivity index (χ0n) is 21.1. The molecule has 2 atom stereocenters. The van der Waals surface area contributed by atoms with E-state index in [2.05, 4.69) is 15.4 Å². The van der Waals surface area contributed by atoms with E-state index in [1.807, 2.05) is 44.7 Å². The Morgan fingerprint density at radius 2 is 1.78 bits per heavy atom. The summed E-state index contributed by atoms with van der Waals surface area (Å²) in [5.74, 6) is -0.682. The van der Waals surface area contributed by atoms with Crippen LogP contribution in [-0.4, -0.2) is 62.5 Å². The Morgan fingerprint density at radius 1 is 1.11 bits per heavy atom. The van der Waals surface area contributed by atoms with Gasteiger partial charge in [-0.05, 0) is 57.4 Å². The van der Waals surface area contributed by atoms with Crippen molar-refractivity contribution < 1.29 is 19.1 Å². The zero-order valence-corrected chi connectivity index (χ0v) is 21.1. The molecule has 3 heterocycles. The smallest absolute Gasteiger partial charge is 0.254 e. The standard InChI is InChI=1S/C26H32N6O4/c1-15-13-31(14-16(2)36-15)26(35)20-7-5-19(6-8-20)11-28-23(33)10-9-21-17(3)30-25-22(24(27)34)12-29-32(25)18(21)4/h5-8,12,15-16H,9-11,13-14H2,1-4H3,(H2,27,34)(H,28,33). The molecular formula is C26H32N6O4. The summed E-state index contributed by atoms with van der Waals surface area (Å²) in [6, 6.07) is 7.32. The van der Waals surface area contributed by atoms with Crippen LogP contribution in [0.3, 0.4) is 0 Å². The first-order valence-corrected chi connectivity index (χ1v) is 12.1.